The van der Waals surface area contributed by atoms with Crippen LogP contribution in [0.4, 0.5) is 22.0 Å². The summed E-state index contributed by atoms with van der Waals surface area (Å²) in [5.74, 6) is -1.63. The molecule has 2 aromatic rings. The molecule has 0 saturated heterocycles. The second kappa shape index (κ2) is 7.95. The molecule has 136 valence electrons. The van der Waals surface area contributed by atoms with Crippen LogP contribution in [-0.2, 0) is 12.6 Å². The molecule has 1 unspecified atom stereocenters. The maximum Gasteiger partial charge on any atom is 0.416 e. The van der Waals surface area contributed by atoms with Crippen LogP contribution in [0.1, 0.15) is 29.7 Å². The van der Waals surface area contributed by atoms with E-state index < -0.39 is 29.4 Å². The largest absolute Gasteiger partial charge is 0.416 e. The Hall–Kier alpha value is -2.95. The van der Waals surface area contributed by atoms with Gasteiger partial charge < -0.3 is 0 Å². The molecule has 0 bridgehead atoms. The fraction of sp³-hybridized carbons (Fsp3) is 0.222. The van der Waals surface area contributed by atoms with E-state index in [1.807, 2.05) is 0 Å². The zero-order valence-corrected chi connectivity index (χ0v) is 13.6. The van der Waals surface area contributed by atoms with Gasteiger partial charge in [-0.1, -0.05) is 18.2 Å². The van der Waals surface area contributed by atoms with Gasteiger partial charge in [0.2, 0.25) is 0 Å². The van der Waals surface area contributed by atoms with Crippen molar-refractivity contribution < 1.29 is 22.0 Å². The summed E-state index contributed by atoms with van der Waals surface area (Å²) >= 11 is 0. The van der Waals surface area contributed by atoms with Gasteiger partial charge in [0.1, 0.15) is 17.5 Å². The lowest BCUT2D eigenvalue weighted by atomic mass is 10.0. The molecule has 26 heavy (non-hydrogen) atoms. The van der Waals surface area contributed by atoms with Crippen LogP contribution in [-0.4, -0.2) is 5.84 Å². The first kappa shape index (κ1) is 19.4. The number of nitrogens with zero attached hydrogens (tertiary/aromatic N) is 2. The summed E-state index contributed by atoms with van der Waals surface area (Å²) in [6.45, 7) is 1.52. The minimum Gasteiger partial charge on any atom is -0.280 e. The van der Waals surface area contributed by atoms with Crippen LogP contribution >= 0.6 is 0 Å². The van der Waals surface area contributed by atoms with Gasteiger partial charge in [-0.25, -0.2) is 8.78 Å². The van der Waals surface area contributed by atoms with Gasteiger partial charge in [0.05, 0.1) is 11.6 Å². The molecule has 0 aliphatic heterocycles. The zero-order chi connectivity index (χ0) is 19.3. The lowest BCUT2D eigenvalue weighted by Crippen LogP contribution is -2.23. The molecule has 0 aliphatic rings. The quantitative estimate of drug-likeness (QED) is 0.279. The number of amidine groups is 1. The first-order valence-corrected chi connectivity index (χ1v) is 7.53. The van der Waals surface area contributed by atoms with Crippen molar-refractivity contribution in [3.8, 4) is 6.19 Å². The average Bonchev–Trinajstić information content (AvgIpc) is 2.53. The molecule has 0 radical (unpaired) electrons. The van der Waals surface area contributed by atoms with E-state index >= 15 is 0 Å². The molecule has 0 heterocycles. The number of nitrogens with one attached hydrogen (secondary N) is 1. The van der Waals surface area contributed by atoms with Gasteiger partial charge in [0, 0.05) is 12.5 Å². The van der Waals surface area contributed by atoms with Crippen LogP contribution in [0.2, 0.25) is 0 Å². The topological polar surface area (TPSA) is 48.2 Å². The Kier molecular flexibility index (Phi) is 5.93. The maximum atomic E-state index is 13.3. The maximum absolute atomic E-state index is 13.3. The molecule has 0 aromatic heterocycles. The van der Waals surface area contributed by atoms with E-state index in [0.717, 1.165) is 18.2 Å². The summed E-state index contributed by atoms with van der Waals surface area (Å²) in [6, 6.07) is 7.01. The standard InChI is InChI=1S/C18H14F5N3/c1-11(13-6-14(19)9-15(20)7-13)26-17(25-10-24)8-12-4-2-3-5-16(12)18(21,22)23/h2-7,9,11H,8H2,1H3,(H,25,26). The van der Waals surface area contributed by atoms with E-state index in [0.29, 0.717) is 6.07 Å². The van der Waals surface area contributed by atoms with Gasteiger partial charge in [-0.3, -0.25) is 10.3 Å². The summed E-state index contributed by atoms with van der Waals surface area (Å²) in [5.41, 5.74) is -0.708. The number of nitriles is 1. The Morgan fingerprint density at radius 2 is 1.77 bits per heavy atom. The zero-order valence-electron chi connectivity index (χ0n) is 13.6. The number of aliphatic imine (C=N–C) groups is 1. The first-order valence-electron chi connectivity index (χ1n) is 7.53. The van der Waals surface area contributed by atoms with Crippen LogP contribution in [0.25, 0.3) is 0 Å². The second-order valence-electron chi connectivity index (χ2n) is 5.52. The number of benzene rings is 2. The van der Waals surface area contributed by atoms with Crippen molar-refractivity contribution >= 4 is 5.84 Å². The van der Waals surface area contributed by atoms with E-state index in [4.69, 9.17) is 5.26 Å². The number of hydrogen-bond donors (Lipinski definition) is 1. The van der Waals surface area contributed by atoms with Gasteiger partial charge >= 0.3 is 6.18 Å². The Labute approximate surface area is 146 Å². The van der Waals surface area contributed by atoms with Gasteiger partial charge in [-0.05, 0) is 36.2 Å². The number of rotatable bonds is 4. The van der Waals surface area contributed by atoms with Crippen molar-refractivity contribution in [2.45, 2.75) is 25.6 Å². The van der Waals surface area contributed by atoms with Crippen LogP contribution in [0.15, 0.2) is 47.5 Å². The van der Waals surface area contributed by atoms with Gasteiger partial charge in [-0.2, -0.15) is 18.4 Å². The smallest absolute Gasteiger partial charge is 0.280 e. The number of alkyl halides is 3. The highest BCUT2D eigenvalue weighted by atomic mass is 19.4. The van der Waals surface area contributed by atoms with E-state index in [2.05, 4.69) is 10.3 Å². The van der Waals surface area contributed by atoms with E-state index in [1.54, 1.807) is 6.19 Å². The number of hydrogen-bond acceptors (Lipinski definition) is 2. The monoisotopic (exact) mass is 367 g/mol. The van der Waals surface area contributed by atoms with Crippen molar-refractivity contribution in [1.29, 1.82) is 5.26 Å². The first-order chi connectivity index (χ1) is 12.2. The molecule has 2 rings (SSSR count). The minimum absolute atomic E-state index is 0.0404. The fourth-order valence-corrected chi connectivity index (χ4v) is 2.44. The minimum atomic E-state index is -4.55. The molecule has 0 fully saturated rings. The third-order valence-electron chi connectivity index (χ3n) is 3.60. The van der Waals surface area contributed by atoms with Crippen molar-refractivity contribution in [2.24, 2.45) is 4.99 Å². The Bertz CT molecular complexity index is 832. The van der Waals surface area contributed by atoms with Crippen molar-refractivity contribution in [3.63, 3.8) is 0 Å². The van der Waals surface area contributed by atoms with Crippen LogP contribution in [0, 0.1) is 23.1 Å². The van der Waals surface area contributed by atoms with Crippen molar-refractivity contribution in [1.82, 2.24) is 5.32 Å². The molecule has 1 atom stereocenters. The summed E-state index contributed by atoms with van der Waals surface area (Å²) in [5, 5.41) is 11.1. The van der Waals surface area contributed by atoms with Crippen molar-refractivity contribution in [3.05, 3.63) is 70.8 Å². The number of halogens is 5. The molecular weight excluding hydrogens is 353 g/mol. The predicted octanol–water partition coefficient (Wildman–Crippen LogP) is 4.76. The molecule has 1 N–H and O–H groups in total. The van der Waals surface area contributed by atoms with Crippen LogP contribution in [0.5, 0.6) is 0 Å². The SMILES string of the molecule is CC(N=C(Cc1ccccc1C(F)(F)F)NC#N)c1cc(F)cc(F)c1. The van der Waals surface area contributed by atoms with E-state index in [9.17, 15) is 22.0 Å². The summed E-state index contributed by atoms with van der Waals surface area (Å²) in [4.78, 5) is 4.12. The summed E-state index contributed by atoms with van der Waals surface area (Å²) in [6.07, 6.45) is -3.22. The lowest BCUT2D eigenvalue weighted by molar-refractivity contribution is -0.138. The predicted molar refractivity (Wildman–Crippen MR) is 86.1 cm³/mol. The fourth-order valence-electron chi connectivity index (χ4n) is 2.44. The Balaban J connectivity index is 2.35. The molecular formula is C18H14F5N3. The third kappa shape index (κ3) is 5.02. The van der Waals surface area contributed by atoms with Crippen LogP contribution < -0.4 is 5.32 Å². The van der Waals surface area contributed by atoms with E-state index in [-0.39, 0.29) is 23.4 Å². The van der Waals surface area contributed by atoms with Gasteiger partial charge in [0.25, 0.3) is 0 Å². The molecule has 2 aromatic carbocycles. The molecule has 0 aliphatic carbocycles. The molecule has 3 nitrogen and oxygen atoms in total. The lowest BCUT2D eigenvalue weighted by Gasteiger charge is -2.15. The molecule has 0 amide bonds. The Morgan fingerprint density at radius 1 is 1.15 bits per heavy atom. The normalized spacial score (nSPS) is 13.2. The van der Waals surface area contributed by atoms with E-state index in [1.165, 1.54) is 25.1 Å². The highest BCUT2D eigenvalue weighted by Crippen LogP contribution is 2.32. The second-order valence-corrected chi connectivity index (χ2v) is 5.52. The highest BCUT2D eigenvalue weighted by molar-refractivity contribution is 5.86. The van der Waals surface area contributed by atoms with Gasteiger partial charge in [-0.15, -0.1) is 0 Å². The van der Waals surface area contributed by atoms with Gasteiger partial charge in [0.15, 0.2) is 6.19 Å². The average molecular weight is 367 g/mol. The highest BCUT2D eigenvalue weighted by Gasteiger charge is 2.33. The van der Waals surface area contributed by atoms with Crippen LogP contribution in [0.3, 0.4) is 0 Å². The van der Waals surface area contributed by atoms with Crippen molar-refractivity contribution in [2.75, 3.05) is 0 Å². The summed E-state index contributed by atoms with van der Waals surface area (Å²) in [7, 11) is 0. The summed E-state index contributed by atoms with van der Waals surface area (Å²) < 4.78 is 65.9. The Morgan fingerprint density at radius 3 is 2.35 bits per heavy atom. The third-order valence-corrected chi connectivity index (χ3v) is 3.60. The molecule has 8 heteroatoms. The molecule has 0 spiro atoms. The molecule has 0 saturated carbocycles.